The first-order valence-corrected chi connectivity index (χ1v) is 9.62. The van der Waals surface area contributed by atoms with Crippen molar-refractivity contribution in [2.75, 3.05) is 39.4 Å². The third kappa shape index (κ3) is 4.67. The van der Waals surface area contributed by atoms with Gasteiger partial charge in [-0.3, -0.25) is 14.4 Å². The maximum atomic E-state index is 12.4. The first-order chi connectivity index (χ1) is 13.6. The molecule has 0 aromatic heterocycles. The number of benzene rings is 1. The van der Waals surface area contributed by atoms with Gasteiger partial charge in [0.05, 0.1) is 19.3 Å². The number of nitriles is 1. The van der Waals surface area contributed by atoms with Crippen molar-refractivity contribution in [3.63, 3.8) is 0 Å². The number of hydrogen-bond donors (Lipinski definition) is 1. The summed E-state index contributed by atoms with van der Waals surface area (Å²) in [5.41, 5.74) is 0.620. The van der Waals surface area contributed by atoms with Gasteiger partial charge in [0.15, 0.2) is 0 Å². The van der Waals surface area contributed by atoms with Crippen molar-refractivity contribution in [1.29, 1.82) is 5.26 Å². The molecule has 1 unspecified atom stereocenters. The van der Waals surface area contributed by atoms with E-state index in [2.05, 4.69) is 11.4 Å². The fourth-order valence-corrected chi connectivity index (χ4v) is 3.57. The molecule has 28 heavy (non-hydrogen) atoms. The molecule has 1 atom stereocenters. The van der Waals surface area contributed by atoms with Gasteiger partial charge in [0, 0.05) is 38.2 Å². The van der Waals surface area contributed by atoms with Gasteiger partial charge in [-0.25, -0.2) is 0 Å². The van der Waals surface area contributed by atoms with Gasteiger partial charge in [-0.2, -0.15) is 5.26 Å². The van der Waals surface area contributed by atoms with Crippen molar-refractivity contribution < 1.29 is 14.4 Å². The Morgan fingerprint density at radius 1 is 1.07 bits per heavy atom. The first kappa shape index (κ1) is 19.8. The number of amides is 3. The van der Waals surface area contributed by atoms with E-state index in [0.29, 0.717) is 38.4 Å². The van der Waals surface area contributed by atoms with Crippen LogP contribution in [0.5, 0.6) is 0 Å². The molecular weight excluding hydrogens is 358 g/mol. The molecule has 1 aromatic rings. The molecule has 2 fully saturated rings. The average molecular weight is 383 g/mol. The number of nitrogens with one attached hydrogen (secondary N) is 1. The van der Waals surface area contributed by atoms with Crippen LogP contribution in [0.1, 0.15) is 29.6 Å². The summed E-state index contributed by atoms with van der Waals surface area (Å²) in [4.78, 5) is 41.9. The number of hydrogen-bond acceptors (Lipinski definition) is 5. The van der Waals surface area contributed by atoms with Gasteiger partial charge in [-0.05, 0) is 25.0 Å². The third-order valence-electron chi connectivity index (χ3n) is 5.16. The molecule has 0 bridgehead atoms. The van der Waals surface area contributed by atoms with Gasteiger partial charge in [0.1, 0.15) is 6.04 Å². The SMILES string of the molecule is N#CC1CCCN1C(=O)CNCCC(=O)N1CCN(C(=O)c2ccccc2)C1. The lowest BCUT2D eigenvalue weighted by molar-refractivity contribution is -0.132. The lowest BCUT2D eigenvalue weighted by atomic mass is 10.2. The molecule has 0 saturated carbocycles. The van der Waals surface area contributed by atoms with Crippen LogP contribution in [0.4, 0.5) is 0 Å². The standard InChI is InChI=1S/C20H25N5O3/c21-13-17-7-4-10-25(17)19(27)14-22-9-8-18(26)23-11-12-24(15-23)20(28)16-5-2-1-3-6-16/h1-3,5-6,17,22H,4,7-12,14-15H2. The second kappa shape index (κ2) is 9.33. The van der Waals surface area contributed by atoms with E-state index in [1.807, 2.05) is 18.2 Å². The van der Waals surface area contributed by atoms with Crippen molar-refractivity contribution in [3.8, 4) is 6.07 Å². The van der Waals surface area contributed by atoms with E-state index in [1.165, 1.54) is 0 Å². The first-order valence-electron chi connectivity index (χ1n) is 9.62. The molecule has 2 aliphatic heterocycles. The minimum atomic E-state index is -0.325. The minimum Gasteiger partial charge on any atom is -0.326 e. The topological polar surface area (TPSA) is 96.8 Å². The second-order valence-electron chi connectivity index (χ2n) is 7.03. The highest BCUT2D eigenvalue weighted by Gasteiger charge is 2.29. The molecule has 0 radical (unpaired) electrons. The monoisotopic (exact) mass is 383 g/mol. The predicted molar refractivity (Wildman–Crippen MR) is 102 cm³/mol. The lowest BCUT2D eigenvalue weighted by Crippen LogP contribution is -2.41. The molecule has 2 saturated heterocycles. The fourth-order valence-electron chi connectivity index (χ4n) is 3.57. The van der Waals surface area contributed by atoms with E-state index in [4.69, 9.17) is 5.26 Å². The van der Waals surface area contributed by atoms with Crippen LogP contribution < -0.4 is 5.32 Å². The molecule has 2 aliphatic rings. The smallest absolute Gasteiger partial charge is 0.255 e. The van der Waals surface area contributed by atoms with Crippen molar-refractivity contribution in [2.24, 2.45) is 0 Å². The van der Waals surface area contributed by atoms with Crippen molar-refractivity contribution >= 4 is 17.7 Å². The summed E-state index contributed by atoms with van der Waals surface area (Å²) in [6, 6.07) is 10.9. The van der Waals surface area contributed by atoms with Crippen LogP contribution in [0.2, 0.25) is 0 Å². The van der Waals surface area contributed by atoms with Crippen molar-refractivity contribution in [2.45, 2.75) is 25.3 Å². The zero-order valence-electron chi connectivity index (χ0n) is 15.8. The molecule has 8 heteroatoms. The second-order valence-corrected chi connectivity index (χ2v) is 7.03. The molecule has 0 spiro atoms. The van der Waals surface area contributed by atoms with Gasteiger partial charge in [-0.15, -0.1) is 0 Å². The fraction of sp³-hybridized carbons (Fsp3) is 0.500. The maximum Gasteiger partial charge on any atom is 0.255 e. The maximum absolute atomic E-state index is 12.4. The molecule has 148 valence electrons. The molecule has 2 heterocycles. The average Bonchev–Trinajstić information content (AvgIpc) is 3.40. The summed E-state index contributed by atoms with van der Waals surface area (Å²) in [5.74, 6) is -0.214. The van der Waals surface area contributed by atoms with Crippen LogP contribution in [0.15, 0.2) is 30.3 Å². The number of likely N-dealkylation sites (tertiary alicyclic amines) is 1. The Hall–Kier alpha value is -2.92. The largest absolute Gasteiger partial charge is 0.326 e. The van der Waals surface area contributed by atoms with Gasteiger partial charge >= 0.3 is 0 Å². The van der Waals surface area contributed by atoms with Gasteiger partial charge in [0.25, 0.3) is 5.91 Å². The Morgan fingerprint density at radius 2 is 1.82 bits per heavy atom. The normalized spacial score (nSPS) is 19.0. The van der Waals surface area contributed by atoms with E-state index in [0.717, 1.165) is 12.8 Å². The molecular formula is C20H25N5O3. The van der Waals surface area contributed by atoms with E-state index >= 15 is 0 Å². The minimum absolute atomic E-state index is 0.0422. The molecule has 8 nitrogen and oxygen atoms in total. The molecule has 3 rings (SSSR count). The van der Waals surface area contributed by atoms with Crippen LogP contribution >= 0.6 is 0 Å². The Balaban J connectivity index is 1.37. The van der Waals surface area contributed by atoms with Crippen LogP contribution in [-0.2, 0) is 9.59 Å². The number of carbonyl (C=O) groups excluding carboxylic acids is 3. The van der Waals surface area contributed by atoms with Crippen molar-refractivity contribution in [3.05, 3.63) is 35.9 Å². The summed E-state index contributed by atoms with van der Waals surface area (Å²) in [7, 11) is 0. The molecule has 3 amide bonds. The summed E-state index contributed by atoms with van der Waals surface area (Å²) in [6.07, 6.45) is 1.85. The zero-order valence-corrected chi connectivity index (χ0v) is 15.8. The number of nitrogens with zero attached hydrogens (tertiary/aromatic N) is 4. The van der Waals surface area contributed by atoms with Gasteiger partial charge in [-0.1, -0.05) is 18.2 Å². The number of rotatable bonds is 6. The summed E-state index contributed by atoms with van der Waals surface area (Å²) in [6.45, 7) is 2.48. The van der Waals surface area contributed by atoms with Crippen LogP contribution in [0.3, 0.4) is 0 Å². The van der Waals surface area contributed by atoms with Gasteiger partial charge < -0.3 is 20.0 Å². The summed E-state index contributed by atoms with van der Waals surface area (Å²) < 4.78 is 0. The van der Waals surface area contributed by atoms with Crippen LogP contribution in [-0.4, -0.2) is 77.9 Å². The molecule has 1 aromatic carbocycles. The summed E-state index contributed by atoms with van der Waals surface area (Å²) >= 11 is 0. The van der Waals surface area contributed by atoms with Crippen LogP contribution in [0.25, 0.3) is 0 Å². The Bertz CT molecular complexity index is 761. The number of carbonyl (C=O) groups is 3. The van der Waals surface area contributed by atoms with E-state index in [-0.39, 0.29) is 36.7 Å². The van der Waals surface area contributed by atoms with Crippen LogP contribution in [0, 0.1) is 11.3 Å². The highest BCUT2D eigenvalue weighted by atomic mass is 16.2. The third-order valence-corrected chi connectivity index (χ3v) is 5.16. The Morgan fingerprint density at radius 3 is 2.57 bits per heavy atom. The van der Waals surface area contributed by atoms with Gasteiger partial charge in [0.2, 0.25) is 11.8 Å². The Kier molecular flexibility index (Phi) is 6.61. The van der Waals surface area contributed by atoms with Crippen molar-refractivity contribution in [1.82, 2.24) is 20.0 Å². The van der Waals surface area contributed by atoms with E-state index < -0.39 is 0 Å². The lowest BCUT2D eigenvalue weighted by Gasteiger charge is -2.20. The quantitative estimate of drug-likeness (QED) is 0.719. The Labute approximate surface area is 164 Å². The molecule has 1 N–H and O–H groups in total. The summed E-state index contributed by atoms with van der Waals surface area (Å²) in [5, 5.41) is 12.0. The zero-order chi connectivity index (χ0) is 19.9. The predicted octanol–water partition coefficient (Wildman–Crippen LogP) is 0.423. The molecule has 0 aliphatic carbocycles. The highest BCUT2D eigenvalue weighted by molar-refractivity contribution is 5.94. The highest BCUT2D eigenvalue weighted by Crippen LogP contribution is 2.16. The van der Waals surface area contributed by atoms with E-state index in [1.54, 1.807) is 26.8 Å². The van der Waals surface area contributed by atoms with E-state index in [9.17, 15) is 14.4 Å².